The highest BCUT2D eigenvalue weighted by Gasteiger charge is 2.18. The number of furan rings is 1. The summed E-state index contributed by atoms with van der Waals surface area (Å²) in [5.74, 6) is 0.718. The summed E-state index contributed by atoms with van der Waals surface area (Å²) >= 11 is 4.87. The molecule has 0 fully saturated rings. The Kier molecular flexibility index (Phi) is 4.53. The van der Waals surface area contributed by atoms with Gasteiger partial charge < -0.3 is 10.2 Å². The lowest BCUT2D eigenvalue weighted by molar-refractivity contribution is 0.506. The molecule has 0 spiro atoms. The summed E-state index contributed by atoms with van der Waals surface area (Å²) < 4.78 is 32.1. The van der Waals surface area contributed by atoms with Gasteiger partial charge in [0.05, 0.1) is 11.2 Å². The molecule has 0 radical (unpaired) electrons. The molecule has 0 amide bonds. The van der Waals surface area contributed by atoms with Crippen LogP contribution in [-0.2, 0) is 16.4 Å². The van der Waals surface area contributed by atoms with E-state index in [1.54, 1.807) is 36.6 Å². The zero-order chi connectivity index (χ0) is 14.6. The Hall–Kier alpha value is -1.70. The van der Waals surface area contributed by atoms with Crippen molar-refractivity contribution in [2.24, 2.45) is 5.73 Å². The van der Waals surface area contributed by atoms with Crippen molar-refractivity contribution in [1.29, 1.82) is 0 Å². The molecule has 0 bridgehead atoms. The maximum absolute atomic E-state index is 12.2. The maximum Gasteiger partial charge on any atom is 0.241 e. The maximum atomic E-state index is 12.2. The summed E-state index contributed by atoms with van der Waals surface area (Å²) in [7, 11) is -3.65. The van der Waals surface area contributed by atoms with Gasteiger partial charge in [-0.3, -0.25) is 0 Å². The molecule has 2 rings (SSSR count). The minimum atomic E-state index is -3.65. The van der Waals surface area contributed by atoms with Crippen LogP contribution in [0.2, 0.25) is 0 Å². The Morgan fingerprint density at radius 1 is 1.25 bits per heavy atom. The molecule has 0 aliphatic rings. The number of nitrogens with one attached hydrogen (secondary N) is 1. The number of nitrogens with two attached hydrogens (primary N) is 1. The van der Waals surface area contributed by atoms with E-state index in [2.05, 4.69) is 4.72 Å². The fraction of sp³-hybridized carbons (Fsp3) is 0.154. The van der Waals surface area contributed by atoms with E-state index in [4.69, 9.17) is 22.4 Å². The van der Waals surface area contributed by atoms with Crippen LogP contribution in [0.15, 0.2) is 52.0 Å². The van der Waals surface area contributed by atoms with E-state index in [0.717, 1.165) is 5.76 Å². The molecule has 0 saturated carbocycles. The van der Waals surface area contributed by atoms with Crippen LogP contribution in [0.4, 0.5) is 0 Å². The molecule has 0 aliphatic carbocycles. The van der Waals surface area contributed by atoms with Crippen molar-refractivity contribution in [3.05, 3.63) is 54.0 Å². The van der Waals surface area contributed by atoms with Gasteiger partial charge in [-0.2, -0.15) is 0 Å². The molecule has 1 heterocycles. The van der Waals surface area contributed by atoms with Gasteiger partial charge in [0.15, 0.2) is 0 Å². The van der Waals surface area contributed by atoms with Crippen LogP contribution in [0.3, 0.4) is 0 Å². The van der Waals surface area contributed by atoms with Crippen LogP contribution in [0, 0.1) is 0 Å². The summed E-state index contributed by atoms with van der Waals surface area (Å²) in [4.78, 5) is 0.143. The van der Waals surface area contributed by atoms with E-state index in [1.807, 2.05) is 0 Å². The fourth-order valence-corrected chi connectivity index (χ4v) is 3.24. The number of hydrogen-bond donors (Lipinski definition) is 2. The largest absolute Gasteiger partial charge is 0.469 e. The third kappa shape index (κ3) is 3.44. The minimum Gasteiger partial charge on any atom is -0.469 e. The molecule has 106 valence electrons. The van der Waals surface area contributed by atoms with E-state index in [9.17, 15) is 8.42 Å². The predicted molar refractivity (Wildman–Crippen MR) is 79.9 cm³/mol. The Labute approximate surface area is 122 Å². The molecule has 5 nitrogen and oxygen atoms in total. The number of sulfonamides is 1. The van der Waals surface area contributed by atoms with Crippen LogP contribution in [0.1, 0.15) is 11.3 Å². The molecule has 2 aromatic rings. The molecule has 0 unspecified atom stereocenters. The van der Waals surface area contributed by atoms with Crippen LogP contribution in [-0.4, -0.2) is 20.0 Å². The molecule has 1 aromatic carbocycles. The third-order valence-electron chi connectivity index (χ3n) is 2.69. The second-order valence-corrected chi connectivity index (χ2v) is 6.26. The van der Waals surface area contributed by atoms with Crippen LogP contribution in [0.25, 0.3) is 0 Å². The third-order valence-corrected chi connectivity index (χ3v) is 4.42. The first-order chi connectivity index (χ1) is 9.50. The standard InChI is InChI=1S/C13H14N2O3S2/c14-13(19)11-5-1-2-6-12(11)20(16,17)15-8-7-10-4-3-9-18-10/h1-6,9,15H,7-8H2,(H2,14,19). The number of thiocarbonyl (C=S) groups is 1. The summed E-state index contributed by atoms with van der Waals surface area (Å²) in [6.07, 6.45) is 2.02. The number of benzene rings is 1. The molecule has 3 N–H and O–H groups in total. The molecular weight excluding hydrogens is 296 g/mol. The van der Waals surface area contributed by atoms with E-state index < -0.39 is 10.0 Å². The Bertz CT molecular complexity index is 694. The predicted octanol–water partition coefficient (Wildman–Crippen LogP) is 1.43. The van der Waals surface area contributed by atoms with E-state index in [1.165, 1.54) is 6.07 Å². The summed E-state index contributed by atoms with van der Waals surface area (Å²) in [6.45, 7) is 0.238. The quantitative estimate of drug-likeness (QED) is 0.789. The second-order valence-electron chi connectivity index (χ2n) is 4.09. The van der Waals surface area contributed by atoms with Crippen molar-refractivity contribution in [3.8, 4) is 0 Å². The monoisotopic (exact) mass is 310 g/mol. The van der Waals surface area contributed by atoms with Gasteiger partial charge in [-0.1, -0.05) is 30.4 Å². The lowest BCUT2D eigenvalue weighted by Gasteiger charge is -2.10. The van der Waals surface area contributed by atoms with E-state index in [0.29, 0.717) is 12.0 Å². The Morgan fingerprint density at radius 3 is 2.65 bits per heavy atom. The molecular formula is C13H14N2O3S2. The molecule has 7 heteroatoms. The van der Waals surface area contributed by atoms with E-state index >= 15 is 0 Å². The zero-order valence-electron chi connectivity index (χ0n) is 10.6. The van der Waals surface area contributed by atoms with Crippen molar-refractivity contribution < 1.29 is 12.8 Å². The van der Waals surface area contributed by atoms with Gasteiger partial charge in [-0.25, -0.2) is 13.1 Å². The van der Waals surface area contributed by atoms with Gasteiger partial charge >= 0.3 is 0 Å². The van der Waals surface area contributed by atoms with Crippen molar-refractivity contribution in [3.63, 3.8) is 0 Å². The first-order valence-electron chi connectivity index (χ1n) is 5.91. The van der Waals surface area contributed by atoms with Crippen molar-refractivity contribution in [2.45, 2.75) is 11.3 Å². The second kappa shape index (κ2) is 6.17. The lowest BCUT2D eigenvalue weighted by Crippen LogP contribution is -2.28. The fourth-order valence-electron chi connectivity index (χ4n) is 1.75. The normalized spacial score (nSPS) is 11.4. The van der Waals surface area contributed by atoms with Crippen molar-refractivity contribution in [1.82, 2.24) is 4.72 Å². The molecule has 0 aliphatic heterocycles. The van der Waals surface area contributed by atoms with Gasteiger partial charge in [-0.15, -0.1) is 0 Å². The van der Waals surface area contributed by atoms with Gasteiger partial charge in [-0.05, 0) is 18.2 Å². The highest BCUT2D eigenvalue weighted by Crippen LogP contribution is 2.15. The first kappa shape index (κ1) is 14.7. The molecule has 20 heavy (non-hydrogen) atoms. The molecule has 0 saturated heterocycles. The Balaban J connectivity index is 2.12. The summed E-state index contributed by atoms with van der Waals surface area (Å²) in [6, 6.07) is 9.93. The number of hydrogen-bond acceptors (Lipinski definition) is 4. The van der Waals surface area contributed by atoms with Crippen LogP contribution < -0.4 is 10.5 Å². The zero-order valence-corrected chi connectivity index (χ0v) is 12.2. The van der Waals surface area contributed by atoms with Crippen molar-refractivity contribution in [2.75, 3.05) is 6.54 Å². The molecule has 0 atom stereocenters. The highest BCUT2D eigenvalue weighted by atomic mass is 32.2. The number of rotatable bonds is 6. The average molecular weight is 310 g/mol. The van der Waals surface area contributed by atoms with Gasteiger partial charge in [0, 0.05) is 18.5 Å². The lowest BCUT2D eigenvalue weighted by atomic mass is 10.2. The van der Waals surface area contributed by atoms with Gasteiger partial charge in [0.1, 0.15) is 10.7 Å². The SMILES string of the molecule is NC(=S)c1ccccc1S(=O)(=O)NCCc1ccco1. The summed E-state index contributed by atoms with van der Waals surface area (Å²) in [5, 5.41) is 0. The average Bonchev–Trinajstić information content (AvgIpc) is 2.91. The summed E-state index contributed by atoms with van der Waals surface area (Å²) in [5.41, 5.74) is 5.88. The van der Waals surface area contributed by atoms with Crippen LogP contribution >= 0.6 is 12.2 Å². The van der Waals surface area contributed by atoms with E-state index in [-0.39, 0.29) is 16.4 Å². The smallest absolute Gasteiger partial charge is 0.241 e. The highest BCUT2D eigenvalue weighted by molar-refractivity contribution is 7.89. The van der Waals surface area contributed by atoms with Gasteiger partial charge in [0.25, 0.3) is 0 Å². The topological polar surface area (TPSA) is 85.3 Å². The molecule has 1 aromatic heterocycles. The van der Waals surface area contributed by atoms with Crippen molar-refractivity contribution >= 4 is 27.2 Å². The van der Waals surface area contributed by atoms with Gasteiger partial charge in [0.2, 0.25) is 10.0 Å². The first-order valence-corrected chi connectivity index (χ1v) is 7.81. The Morgan fingerprint density at radius 2 is 2.00 bits per heavy atom. The van der Waals surface area contributed by atoms with Crippen LogP contribution in [0.5, 0.6) is 0 Å². The minimum absolute atomic E-state index is 0.0528.